The molecule has 0 bridgehead atoms. The predicted octanol–water partition coefficient (Wildman–Crippen LogP) is 3.65. The summed E-state index contributed by atoms with van der Waals surface area (Å²) in [6, 6.07) is 14.5. The van der Waals surface area contributed by atoms with E-state index >= 15 is 0 Å². The molecule has 84 valence electrons. The zero-order valence-corrected chi connectivity index (χ0v) is 9.65. The Hall–Kier alpha value is -1.89. The van der Waals surface area contributed by atoms with Crippen LogP contribution in [0.3, 0.4) is 0 Å². The van der Waals surface area contributed by atoms with Crippen LogP contribution in [0.2, 0.25) is 0 Å². The summed E-state index contributed by atoms with van der Waals surface area (Å²) >= 11 is 0. The molecule has 1 aliphatic rings. The van der Waals surface area contributed by atoms with Crippen molar-refractivity contribution in [3.05, 3.63) is 59.2 Å². The van der Waals surface area contributed by atoms with Gasteiger partial charge in [-0.2, -0.15) is 0 Å². The number of hydrogen-bond donors (Lipinski definition) is 0. The molecule has 0 amide bonds. The molecule has 17 heavy (non-hydrogen) atoms. The molecule has 0 atom stereocenters. The van der Waals surface area contributed by atoms with Gasteiger partial charge >= 0.3 is 0 Å². The minimum Gasteiger partial charge on any atom is -0.298 e. The number of aldehydes is 1. The molecule has 0 aliphatic heterocycles. The van der Waals surface area contributed by atoms with Gasteiger partial charge in [0.05, 0.1) is 0 Å². The molecule has 0 spiro atoms. The Labute approximate surface area is 101 Å². The minimum absolute atomic E-state index is 0.731. The molecule has 2 aromatic rings. The number of aryl methyl sites for hydroxylation is 2. The Bertz CT molecular complexity index is 552. The fourth-order valence-corrected chi connectivity index (χ4v) is 2.51. The summed E-state index contributed by atoms with van der Waals surface area (Å²) in [6.45, 7) is 0. The monoisotopic (exact) mass is 222 g/mol. The Kier molecular flexibility index (Phi) is 2.52. The van der Waals surface area contributed by atoms with E-state index in [1.54, 1.807) is 0 Å². The third-order valence-electron chi connectivity index (χ3n) is 3.48. The van der Waals surface area contributed by atoms with Crippen molar-refractivity contribution in [1.29, 1.82) is 0 Å². The van der Waals surface area contributed by atoms with Crippen LogP contribution in [-0.2, 0) is 12.8 Å². The molecule has 1 nitrogen and oxygen atoms in total. The van der Waals surface area contributed by atoms with E-state index in [1.165, 1.54) is 41.5 Å². The summed E-state index contributed by atoms with van der Waals surface area (Å²) in [7, 11) is 0. The van der Waals surface area contributed by atoms with Gasteiger partial charge in [-0.15, -0.1) is 0 Å². The van der Waals surface area contributed by atoms with Crippen molar-refractivity contribution < 1.29 is 4.79 Å². The zero-order chi connectivity index (χ0) is 11.7. The van der Waals surface area contributed by atoms with Gasteiger partial charge in [0, 0.05) is 5.56 Å². The molecule has 1 heteroatoms. The first-order chi connectivity index (χ1) is 8.36. The van der Waals surface area contributed by atoms with Crippen LogP contribution in [0.4, 0.5) is 0 Å². The Balaban J connectivity index is 2.00. The zero-order valence-electron chi connectivity index (χ0n) is 9.65. The maximum atomic E-state index is 10.6. The van der Waals surface area contributed by atoms with E-state index in [2.05, 4.69) is 18.2 Å². The molecule has 0 unspecified atom stereocenters. The molecule has 3 rings (SSSR count). The van der Waals surface area contributed by atoms with Crippen LogP contribution in [0, 0.1) is 0 Å². The van der Waals surface area contributed by atoms with E-state index in [-0.39, 0.29) is 0 Å². The Morgan fingerprint density at radius 1 is 0.824 bits per heavy atom. The molecule has 0 fully saturated rings. The van der Waals surface area contributed by atoms with Gasteiger partial charge in [-0.25, -0.2) is 0 Å². The van der Waals surface area contributed by atoms with Crippen molar-refractivity contribution in [3.8, 4) is 11.1 Å². The van der Waals surface area contributed by atoms with Gasteiger partial charge in [-0.3, -0.25) is 4.79 Å². The quantitative estimate of drug-likeness (QED) is 0.709. The van der Waals surface area contributed by atoms with E-state index < -0.39 is 0 Å². The number of rotatable bonds is 2. The van der Waals surface area contributed by atoms with Crippen molar-refractivity contribution in [3.63, 3.8) is 0 Å². The lowest BCUT2D eigenvalue weighted by atomic mass is 10.00. The first-order valence-corrected chi connectivity index (χ1v) is 6.04. The van der Waals surface area contributed by atoms with Crippen molar-refractivity contribution in [2.24, 2.45) is 0 Å². The molecular formula is C16H14O. The smallest absolute Gasteiger partial charge is 0.150 e. The van der Waals surface area contributed by atoms with Crippen molar-refractivity contribution >= 4 is 6.29 Å². The molecular weight excluding hydrogens is 208 g/mol. The highest BCUT2D eigenvalue weighted by atomic mass is 16.1. The Morgan fingerprint density at radius 3 is 2.29 bits per heavy atom. The largest absolute Gasteiger partial charge is 0.298 e. The first kappa shape index (κ1) is 10.3. The maximum Gasteiger partial charge on any atom is 0.150 e. The van der Waals surface area contributed by atoms with Crippen LogP contribution in [0.15, 0.2) is 42.5 Å². The van der Waals surface area contributed by atoms with Gasteiger partial charge in [0.1, 0.15) is 6.29 Å². The van der Waals surface area contributed by atoms with Crippen LogP contribution < -0.4 is 0 Å². The molecule has 0 heterocycles. The molecule has 0 N–H and O–H groups in total. The lowest BCUT2D eigenvalue weighted by Gasteiger charge is -2.05. The fourth-order valence-electron chi connectivity index (χ4n) is 2.51. The highest BCUT2D eigenvalue weighted by molar-refractivity contribution is 5.77. The van der Waals surface area contributed by atoms with E-state index in [4.69, 9.17) is 0 Å². The Morgan fingerprint density at radius 2 is 1.53 bits per heavy atom. The topological polar surface area (TPSA) is 17.1 Å². The third kappa shape index (κ3) is 1.89. The molecule has 1 aliphatic carbocycles. The maximum absolute atomic E-state index is 10.6. The van der Waals surface area contributed by atoms with Crippen LogP contribution >= 0.6 is 0 Å². The molecule has 0 saturated carbocycles. The lowest BCUT2D eigenvalue weighted by Crippen LogP contribution is -1.85. The van der Waals surface area contributed by atoms with Crippen molar-refractivity contribution in [2.45, 2.75) is 19.3 Å². The number of carbonyl (C=O) groups is 1. The summed E-state index contributed by atoms with van der Waals surface area (Å²) in [4.78, 5) is 10.6. The summed E-state index contributed by atoms with van der Waals surface area (Å²) < 4.78 is 0. The average molecular weight is 222 g/mol. The number of hydrogen-bond acceptors (Lipinski definition) is 1. The second-order valence-electron chi connectivity index (χ2n) is 4.58. The number of fused-ring (bicyclic) bond motifs is 1. The lowest BCUT2D eigenvalue weighted by molar-refractivity contribution is 0.112. The summed E-state index contributed by atoms with van der Waals surface area (Å²) in [5.74, 6) is 0. The molecule has 0 radical (unpaired) electrons. The van der Waals surface area contributed by atoms with Gasteiger partial charge in [0.25, 0.3) is 0 Å². The summed E-state index contributed by atoms with van der Waals surface area (Å²) in [5, 5.41) is 0. The second kappa shape index (κ2) is 4.17. The first-order valence-electron chi connectivity index (χ1n) is 6.04. The van der Waals surface area contributed by atoms with Crippen LogP contribution in [0.1, 0.15) is 27.9 Å². The van der Waals surface area contributed by atoms with Gasteiger partial charge in [0.15, 0.2) is 0 Å². The highest BCUT2D eigenvalue weighted by Gasteiger charge is 2.11. The average Bonchev–Trinajstić information content (AvgIpc) is 2.86. The van der Waals surface area contributed by atoms with E-state index in [0.717, 1.165) is 11.8 Å². The fraction of sp³-hybridized carbons (Fsp3) is 0.188. The summed E-state index contributed by atoms with van der Waals surface area (Å²) in [5.41, 5.74) is 6.16. The van der Waals surface area contributed by atoms with E-state index in [1.807, 2.05) is 24.3 Å². The standard InChI is InChI=1S/C16H14O/c17-11-12-4-6-14(7-5-12)16-9-8-13-2-1-3-15(13)10-16/h4-11H,1-3H2. The van der Waals surface area contributed by atoms with E-state index in [0.29, 0.717) is 0 Å². The molecule has 0 aromatic heterocycles. The molecule has 2 aromatic carbocycles. The normalized spacial score (nSPS) is 13.4. The minimum atomic E-state index is 0.731. The highest BCUT2D eigenvalue weighted by Crippen LogP contribution is 2.28. The number of carbonyl (C=O) groups excluding carboxylic acids is 1. The SMILES string of the molecule is O=Cc1ccc(-c2ccc3c(c2)CCC3)cc1. The second-order valence-corrected chi connectivity index (χ2v) is 4.58. The molecule has 0 saturated heterocycles. The van der Waals surface area contributed by atoms with Crippen molar-refractivity contribution in [1.82, 2.24) is 0 Å². The van der Waals surface area contributed by atoms with Crippen molar-refractivity contribution in [2.75, 3.05) is 0 Å². The van der Waals surface area contributed by atoms with Crippen LogP contribution in [0.5, 0.6) is 0 Å². The van der Waals surface area contributed by atoms with Gasteiger partial charge in [-0.05, 0) is 41.5 Å². The van der Waals surface area contributed by atoms with Crippen LogP contribution in [-0.4, -0.2) is 6.29 Å². The third-order valence-corrected chi connectivity index (χ3v) is 3.48. The van der Waals surface area contributed by atoms with E-state index in [9.17, 15) is 4.79 Å². The van der Waals surface area contributed by atoms with Gasteiger partial charge in [-0.1, -0.05) is 42.5 Å². The summed E-state index contributed by atoms with van der Waals surface area (Å²) in [6.07, 6.45) is 4.59. The number of benzene rings is 2. The van der Waals surface area contributed by atoms with Gasteiger partial charge in [0.2, 0.25) is 0 Å². The van der Waals surface area contributed by atoms with Gasteiger partial charge < -0.3 is 0 Å². The van der Waals surface area contributed by atoms with Crippen LogP contribution in [0.25, 0.3) is 11.1 Å². The predicted molar refractivity (Wildman–Crippen MR) is 69.3 cm³/mol.